The summed E-state index contributed by atoms with van der Waals surface area (Å²) in [4.78, 5) is 0. The lowest BCUT2D eigenvalue weighted by Gasteiger charge is -2.11. The number of benzene rings is 1. The lowest BCUT2D eigenvalue weighted by atomic mass is 10.1. The van der Waals surface area contributed by atoms with Crippen LogP contribution in [0.15, 0.2) is 18.2 Å². The van der Waals surface area contributed by atoms with E-state index >= 15 is 0 Å². The molecule has 0 bridgehead atoms. The van der Waals surface area contributed by atoms with Crippen molar-refractivity contribution >= 4 is 22.6 Å². The van der Waals surface area contributed by atoms with Crippen LogP contribution in [0.5, 0.6) is 11.5 Å². The van der Waals surface area contributed by atoms with Gasteiger partial charge in [0.05, 0.1) is 13.7 Å². The first-order valence-corrected chi connectivity index (χ1v) is 6.70. The molecule has 0 amide bonds. The van der Waals surface area contributed by atoms with Gasteiger partial charge in [0, 0.05) is 4.43 Å². The second-order valence-electron chi connectivity index (χ2n) is 3.27. The Hall–Kier alpha value is -0.450. The smallest absolute Gasteiger partial charge is 0.161 e. The first kappa shape index (κ1) is 12.6. The number of ether oxygens (including phenoxy) is 2. The summed E-state index contributed by atoms with van der Waals surface area (Å²) in [5, 5.41) is 0. The van der Waals surface area contributed by atoms with E-state index in [-0.39, 0.29) is 0 Å². The molecule has 0 atom stereocenters. The van der Waals surface area contributed by atoms with Crippen molar-refractivity contribution in [3.8, 4) is 11.5 Å². The largest absolute Gasteiger partial charge is 0.493 e. The van der Waals surface area contributed by atoms with E-state index in [1.807, 2.05) is 6.07 Å². The van der Waals surface area contributed by atoms with Crippen molar-refractivity contribution in [2.45, 2.75) is 19.8 Å². The van der Waals surface area contributed by atoms with E-state index in [4.69, 9.17) is 9.47 Å². The number of hydrogen-bond acceptors (Lipinski definition) is 2. The average Bonchev–Trinajstić information content (AvgIpc) is 2.27. The highest BCUT2D eigenvalue weighted by atomic mass is 127. The van der Waals surface area contributed by atoms with Gasteiger partial charge in [-0.2, -0.15) is 0 Å². The molecule has 0 aliphatic rings. The van der Waals surface area contributed by atoms with E-state index in [2.05, 4.69) is 41.6 Å². The third kappa shape index (κ3) is 3.89. The topological polar surface area (TPSA) is 18.5 Å². The number of methoxy groups -OCH3 is 1. The van der Waals surface area contributed by atoms with Gasteiger partial charge in [0.2, 0.25) is 0 Å². The standard InChI is InChI=1S/C12H17IO2/c1-3-8-15-12-9-10(6-7-13)4-5-11(12)14-2/h4-5,9H,3,6-8H2,1-2H3. The third-order valence-corrected chi connectivity index (χ3v) is 2.61. The summed E-state index contributed by atoms with van der Waals surface area (Å²) in [5.74, 6) is 1.68. The molecule has 0 aliphatic heterocycles. The fourth-order valence-electron chi connectivity index (χ4n) is 1.31. The van der Waals surface area contributed by atoms with E-state index in [0.29, 0.717) is 0 Å². The van der Waals surface area contributed by atoms with E-state index in [1.54, 1.807) is 7.11 Å². The Kier molecular flexibility index (Phi) is 5.83. The zero-order valence-electron chi connectivity index (χ0n) is 9.25. The Balaban J connectivity index is 2.81. The fourth-order valence-corrected chi connectivity index (χ4v) is 1.93. The molecular formula is C12H17IO2. The summed E-state index contributed by atoms with van der Waals surface area (Å²) >= 11 is 2.38. The maximum absolute atomic E-state index is 5.64. The van der Waals surface area contributed by atoms with Crippen molar-refractivity contribution in [2.24, 2.45) is 0 Å². The SMILES string of the molecule is CCCOc1cc(CCI)ccc1OC. The van der Waals surface area contributed by atoms with Crippen molar-refractivity contribution < 1.29 is 9.47 Å². The monoisotopic (exact) mass is 320 g/mol. The molecule has 0 aromatic heterocycles. The van der Waals surface area contributed by atoms with E-state index < -0.39 is 0 Å². The predicted molar refractivity (Wildman–Crippen MR) is 71.4 cm³/mol. The number of rotatable bonds is 6. The highest BCUT2D eigenvalue weighted by Crippen LogP contribution is 2.28. The van der Waals surface area contributed by atoms with Crippen LogP contribution < -0.4 is 9.47 Å². The zero-order valence-corrected chi connectivity index (χ0v) is 11.4. The summed E-state index contributed by atoms with van der Waals surface area (Å²) in [6.07, 6.45) is 2.09. The van der Waals surface area contributed by atoms with Crippen LogP contribution in [0.1, 0.15) is 18.9 Å². The van der Waals surface area contributed by atoms with Crippen LogP contribution in [0.25, 0.3) is 0 Å². The average molecular weight is 320 g/mol. The van der Waals surface area contributed by atoms with Crippen molar-refractivity contribution in [3.05, 3.63) is 23.8 Å². The second kappa shape index (κ2) is 6.93. The molecule has 0 fully saturated rings. The molecule has 15 heavy (non-hydrogen) atoms. The minimum atomic E-state index is 0.740. The van der Waals surface area contributed by atoms with Gasteiger partial charge in [0.25, 0.3) is 0 Å². The molecule has 0 unspecified atom stereocenters. The second-order valence-corrected chi connectivity index (χ2v) is 4.35. The van der Waals surface area contributed by atoms with Gasteiger partial charge < -0.3 is 9.47 Å². The molecule has 0 heterocycles. The molecule has 3 heteroatoms. The summed E-state index contributed by atoms with van der Waals surface area (Å²) < 4.78 is 12.0. The van der Waals surface area contributed by atoms with Gasteiger partial charge in [-0.1, -0.05) is 35.6 Å². The van der Waals surface area contributed by atoms with Gasteiger partial charge in [-0.3, -0.25) is 0 Å². The van der Waals surface area contributed by atoms with Crippen LogP contribution in [0, 0.1) is 0 Å². The van der Waals surface area contributed by atoms with Crippen LogP contribution in [0.4, 0.5) is 0 Å². The van der Waals surface area contributed by atoms with Crippen LogP contribution in [0.3, 0.4) is 0 Å². The van der Waals surface area contributed by atoms with Crippen LogP contribution in [-0.4, -0.2) is 18.1 Å². The normalized spacial score (nSPS) is 10.1. The number of aryl methyl sites for hydroxylation is 1. The van der Waals surface area contributed by atoms with Gasteiger partial charge in [-0.25, -0.2) is 0 Å². The van der Waals surface area contributed by atoms with Gasteiger partial charge >= 0.3 is 0 Å². The van der Waals surface area contributed by atoms with E-state index in [9.17, 15) is 0 Å². The Morgan fingerprint density at radius 3 is 2.67 bits per heavy atom. The Morgan fingerprint density at radius 1 is 1.27 bits per heavy atom. The van der Waals surface area contributed by atoms with E-state index in [1.165, 1.54) is 5.56 Å². The molecule has 1 aromatic carbocycles. The Morgan fingerprint density at radius 2 is 2.07 bits per heavy atom. The number of hydrogen-bond donors (Lipinski definition) is 0. The molecule has 2 nitrogen and oxygen atoms in total. The summed E-state index contributed by atoms with van der Waals surface area (Å²) in [7, 11) is 1.67. The number of alkyl halides is 1. The maximum Gasteiger partial charge on any atom is 0.161 e. The lowest BCUT2D eigenvalue weighted by Crippen LogP contribution is -1.99. The predicted octanol–water partition coefficient (Wildman–Crippen LogP) is 3.46. The van der Waals surface area contributed by atoms with Crippen molar-refractivity contribution in [3.63, 3.8) is 0 Å². The van der Waals surface area contributed by atoms with Crippen LogP contribution in [-0.2, 0) is 6.42 Å². The molecular weight excluding hydrogens is 303 g/mol. The fraction of sp³-hybridized carbons (Fsp3) is 0.500. The molecule has 0 aliphatic carbocycles. The third-order valence-electron chi connectivity index (χ3n) is 2.07. The Labute approximate surface area is 105 Å². The lowest BCUT2D eigenvalue weighted by molar-refractivity contribution is 0.294. The molecule has 0 radical (unpaired) electrons. The van der Waals surface area contributed by atoms with Crippen LogP contribution in [0.2, 0.25) is 0 Å². The van der Waals surface area contributed by atoms with Crippen molar-refractivity contribution in [2.75, 3.05) is 18.1 Å². The van der Waals surface area contributed by atoms with Crippen molar-refractivity contribution in [1.29, 1.82) is 0 Å². The highest BCUT2D eigenvalue weighted by Gasteiger charge is 2.04. The first-order valence-electron chi connectivity index (χ1n) is 5.17. The highest BCUT2D eigenvalue weighted by molar-refractivity contribution is 14.1. The minimum Gasteiger partial charge on any atom is -0.493 e. The quantitative estimate of drug-likeness (QED) is 0.590. The molecule has 1 aromatic rings. The molecule has 0 saturated carbocycles. The van der Waals surface area contributed by atoms with Crippen molar-refractivity contribution in [1.82, 2.24) is 0 Å². The first-order chi connectivity index (χ1) is 7.31. The van der Waals surface area contributed by atoms with Gasteiger partial charge in [-0.15, -0.1) is 0 Å². The molecule has 1 rings (SSSR count). The van der Waals surface area contributed by atoms with Crippen LogP contribution >= 0.6 is 22.6 Å². The molecule has 0 spiro atoms. The zero-order chi connectivity index (χ0) is 11.1. The Bertz CT molecular complexity index is 300. The maximum atomic E-state index is 5.64. The summed E-state index contributed by atoms with van der Waals surface area (Å²) in [5.41, 5.74) is 1.30. The molecule has 0 saturated heterocycles. The minimum absolute atomic E-state index is 0.740. The number of halogens is 1. The summed E-state index contributed by atoms with van der Waals surface area (Å²) in [6.45, 7) is 2.84. The summed E-state index contributed by atoms with van der Waals surface area (Å²) in [6, 6.07) is 6.15. The van der Waals surface area contributed by atoms with Gasteiger partial charge in [0.1, 0.15) is 0 Å². The van der Waals surface area contributed by atoms with E-state index in [0.717, 1.165) is 35.4 Å². The van der Waals surface area contributed by atoms with Gasteiger partial charge in [0.15, 0.2) is 11.5 Å². The van der Waals surface area contributed by atoms with Gasteiger partial charge in [-0.05, 0) is 30.5 Å². The molecule has 0 N–H and O–H groups in total. The molecule has 84 valence electrons.